The Bertz CT molecular complexity index is 1040. The molecule has 7 nitrogen and oxygen atoms in total. The standard InChI is InChI=1S/C19H15N3O4/c1-12(19-20-18(22-26-19)13-7-3-2-4-8-13)24-17(23)11-15-14-9-5-6-10-16(14)25-21-15/h2-10,12H,11H2,1H3/t12-/m0/s1. The summed E-state index contributed by atoms with van der Waals surface area (Å²) in [5.74, 6) is 0.240. The van der Waals surface area contributed by atoms with E-state index in [4.69, 9.17) is 13.8 Å². The van der Waals surface area contributed by atoms with Crippen LogP contribution in [0.4, 0.5) is 0 Å². The van der Waals surface area contributed by atoms with Gasteiger partial charge >= 0.3 is 5.97 Å². The van der Waals surface area contributed by atoms with Crippen LogP contribution in [0.2, 0.25) is 0 Å². The summed E-state index contributed by atoms with van der Waals surface area (Å²) in [6.07, 6.45) is -0.660. The summed E-state index contributed by atoms with van der Waals surface area (Å²) >= 11 is 0. The van der Waals surface area contributed by atoms with Crippen LogP contribution in [0.5, 0.6) is 0 Å². The van der Waals surface area contributed by atoms with E-state index < -0.39 is 12.1 Å². The molecule has 0 aliphatic carbocycles. The van der Waals surface area contributed by atoms with E-state index in [1.165, 1.54) is 0 Å². The Morgan fingerprint density at radius 3 is 2.65 bits per heavy atom. The molecule has 0 amide bonds. The van der Waals surface area contributed by atoms with Gasteiger partial charge in [0.25, 0.3) is 5.89 Å². The topological polar surface area (TPSA) is 91.2 Å². The lowest BCUT2D eigenvalue weighted by atomic mass is 10.2. The van der Waals surface area contributed by atoms with Gasteiger partial charge in [0, 0.05) is 10.9 Å². The molecule has 0 unspecified atom stereocenters. The molecule has 130 valence electrons. The Morgan fingerprint density at radius 1 is 1.04 bits per heavy atom. The maximum absolute atomic E-state index is 12.2. The van der Waals surface area contributed by atoms with Crippen molar-refractivity contribution in [3.8, 4) is 11.4 Å². The van der Waals surface area contributed by atoms with Crippen LogP contribution in [0.1, 0.15) is 24.6 Å². The van der Waals surface area contributed by atoms with Crippen molar-refractivity contribution in [3.05, 3.63) is 66.2 Å². The van der Waals surface area contributed by atoms with Gasteiger partial charge in [-0.05, 0) is 19.1 Å². The van der Waals surface area contributed by atoms with Gasteiger partial charge < -0.3 is 13.8 Å². The molecule has 1 atom stereocenters. The number of benzene rings is 2. The van der Waals surface area contributed by atoms with Crippen molar-refractivity contribution in [3.63, 3.8) is 0 Å². The molecule has 2 heterocycles. The maximum atomic E-state index is 12.2. The Hall–Kier alpha value is -3.48. The Balaban J connectivity index is 1.44. The van der Waals surface area contributed by atoms with Crippen molar-refractivity contribution in [2.75, 3.05) is 0 Å². The summed E-state index contributed by atoms with van der Waals surface area (Å²) in [4.78, 5) is 16.5. The highest BCUT2D eigenvalue weighted by Crippen LogP contribution is 2.22. The third-order valence-corrected chi connectivity index (χ3v) is 3.89. The van der Waals surface area contributed by atoms with E-state index in [9.17, 15) is 4.79 Å². The number of carbonyl (C=O) groups excluding carboxylic acids is 1. The largest absolute Gasteiger partial charge is 0.452 e. The lowest BCUT2D eigenvalue weighted by Crippen LogP contribution is -2.12. The second-order valence-electron chi connectivity index (χ2n) is 5.76. The van der Waals surface area contributed by atoms with Gasteiger partial charge in [-0.3, -0.25) is 4.79 Å². The molecule has 2 aromatic heterocycles. The van der Waals surface area contributed by atoms with Crippen molar-refractivity contribution in [1.29, 1.82) is 0 Å². The van der Waals surface area contributed by atoms with E-state index in [1.807, 2.05) is 48.5 Å². The third-order valence-electron chi connectivity index (χ3n) is 3.89. The Labute approximate surface area is 148 Å². The van der Waals surface area contributed by atoms with E-state index in [0.29, 0.717) is 17.1 Å². The lowest BCUT2D eigenvalue weighted by Gasteiger charge is -2.08. The van der Waals surface area contributed by atoms with Gasteiger partial charge in [-0.25, -0.2) is 0 Å². The number of ether oxygens (including phenoxy) is 1. The molecule has 0 N–H and O–H groups in total. The van der Waals surface area contributed by atoms with Gasteiger partial charge in [-0.2, -0.15) is 4.98 Å². The zero-order valence-corrected chi connectivity index (χ0v) is 14.0. The molecule has 4 rings (SSSR count). The molecule has 0 spiro atoms. The number of para-hydroxylation sites is 1. The van der Waals surface area contributed by atoms with Gasteiger partial charge in [0.15, 0.2) is 11.7 Å². The van der Waals surface area contributed by atoms with E-state index in [-0.39, 0.29) is 12.3 Å². The molecule has 0 radical (unpaired) electrons. The SMILES string of the molecule is C[C@H](OC(=O)Cc1noc2ccccc12)c1nc(-c2ccccc2)no1. The minimum absolute atomic E-state index is 0.00102. The van der Waals surface area contributed by atoms with Gasteiger partial charge in [-0.15, -0.1) is 0 Å². The van der Waals surface area contributed by atoms with Crippen LogP contribution < -0.4 is 0 Å². The van der Waals surface area contributed by atoms with Crippen LogP contribution in [-0.2, 0) is 16.0 Å². The second-order valence-corrected chi connectivity index (χ2v) is 5.76. The quantitative estimate of drug-likeness (QED) is 0.507. The van der Waals surface area contributed by atoms with E-state index in [2.05, 4.69) is 15.3 Å². The number of fused-ring (bicyclic) bond motifs is 1. The molecule has 26 heavy (non-hydrogen) atoms. The molecule has 0 aliphatic rings. The van der Waals surface area contributed by atoms with Crippen LogP contribution >= 0.6 is 0 Å². The van der Waals surface area contributed by atoms with Crippen LogP contribution in [0, 0.1) is 0 Å². The molecule has 0 bridgehead atoms. The van der Waals surface area contributed by atoms with Gasteiger partial charge in [0.1, 0.15) is 5.69 Å². The molecule has 0 fully saturated rings. The van der Waals surface area contributed by atoms with Crippen molar-refractivity contribution in [2.24, 2.45) is 0 Å². The summed E-state index contributed by atoms with van der Waals surface area (Å²) in [5.41, 5.74) is 2.00. The molecule has 0 saturated carbocycles. The molecular formula is C19H15N3O4. The summed E-state index contributed by atoms with van der Waals surface area (Å²) in [7, 11) is 0. The van der Waals surface area contributed by atoms with Crippen molar-refractivity contribution < 1.29 is 18.6 Å². The van der Waals surface area contributed by atoms with Crippen LogP contribution in [-0.4, -0.2) is 21.3 Å². The van der Waals surface area contributed by atoms with E-state index in [0.717, 1.165) is 10.9 Å². The summed E-state index contributed by atoms with van der Waals surface area (Å²) in [5, 5.41) is 8.65. The number of rotatable bonds is 5. The first-order valence-corrected chi connectivity index (χ1v) is 8.12. The number of esters is 1. The fraction of sp³-hybridized carbons (Fsp3) is 0.158. The average Bonchev–Trinajstić information content (AvgIpc) is 3.30. The van der Waals surface area contributed by atoms with Crippen LogP contribution in [0.3, 0.4) is 0 Å². The first-order valence-electron chi connectivity index (χ1n) is 8.12. The van der Waals surface area contributed by atoms with Crippen molar-refractivity contribution in [1.82, 2.24) is 15.3 Å². The zero-order valence-electron chi connectivity index (χ0n) is 14.0. The summed E-state index contributed by atoms with van der Waals surface area (Å²) in [6.45, 7) is 1.68. The average molecular weight is 349 g/mol. The van der Waals surface area contributed by atoms with Gasteiger partial charge in [-0.1, -0.05) is 52.8 Å². The Morgan fingerprint density at radius 2 is 1.81 bits per heavy atom. The normalized spacial score (nSPS) is 12.2. The van der Waals surface area contributed by atoms with Crippen molar-refractivity contribution in [2.45, 2.75) is 19.4 Å². The predicted molar refractivity (Wildman–Crippen MR) is 92.0 cm³/mol. The number of hydrogen-bond acceptors (Lipinski definition) is 7. The molecule has 2 aromatic carbocycles. The highest BCUT2D eigenvalue weighted by atomic mass is 16.6. The number of aromatic nitrogens is 3. The highest BCUT2D eigenvalue weighted by Gasteiger charge is 2.21. The van der Waals surface area contributed by atoms with Crippen molar-refractivity contribution >= 4 is 16.9 Å². The smallest absolute Gasteiger partial charge is 0.312 e. The molecule has 7 heteroatoms. The minimum atomic E-state index is -0.661. The van der Waals surface area contributed by atoms with Gasteiger partial charge in [0.05, 0.1) is 6.42 Å². The fourth-order valence-electron chi connectivity index (χ4n) is 2.60. The molecule has 0 aliphatic heterocycles. The maximum Gasteiger partial charge on any atom is 0.312 e. The van der Waals surface area contributed by atoms with E-state index in [1.54, 1.807) is 13.0 Å². The highest BCUT2D eigenvalue weighted by molar-refractivity contribution is 5.84. The van der Waals surface area contributed by atoms with Gasteiger partial charge in [0.2, 0.25) is 5.82 Å². The molecular weight excluding hydrogens is 334 g/mol. The number of hydrogen-bond donors (Lipinski definition) is 0. The predicted octanol–water partition coefficient (Wildman–Crippen LogP) is 3.72. The monoisotopic (exact) mass is 349 g/mol. The number of carbonyl (C=O) groups is 1. The summed E-state index contributed by atoms with van der Waals surface area (Å²) in [6, 6.07) is 16.8. The number of nitrogens with zero attached hydrogens (tertiary/aromatic N) is 3. The lowest BCUT2D eigenvalue weighted by molar-refractivity contribution is -0.149. The molecule has 4 aromatic rings. The fourth-order valence-corrected chi connectivity index (χ4v) is 2.60. The first kappa shape index (κ1) is 16.0. The summed E-state index contributed by atoms with van der Waals surface area (Å²) < 4.78 is 15.8. The first-order chi connectivity index (χ1) is 12.7. The molecule has 0 saturated heterocycles. The van der Waals surface area contributed by atoms with Crippen LogP contribution in [0.25, 0.3) is 22.4 Å². The second kappa shape index (κ2) is 6.79. The van der Waals surface area contributed by atoms with Crippen LogP contribution in [0.15, 0.2) is 63.6 Å². The Kier molecular flexibility index (Phi) is 4.18. The van der Waals surface area contributed by atoms with E-state index >= 15 is 0 Å². The minimum Gasteiger partial charge on any atom is -0.452 e. The third kappa shape index (κ3) is 3.19. The zero-order chi connectivity index (χ0) is 17.9.